The summed E-state index contributed by atoms with van der Waals surface area (Å²) >= 11 is 0. The van der Waals surface area contributed by atoms with Gasteiger partial charge < -0.3 is 10.1 Å². The molecule has 0 saturated heterocycles. The SMILES string of the molecule is CCNC(Cn1nc(C)cc1C)C(=O)OCC. The van der Waals surface area contributed by atoms with Crippen LogP contribution >= 0.6 is 0 Å². The Morgan fingerprint density at radius 3 is 2.71 bits per heavy atom. The largest absolute Gasteiger partial charge is 0.465 e. The van der Waals surface area contributed by atoms with Crippen molar-refractivity contribution in [3.05, 3.63) is 17.5 Å². The Hall–Kier alpha value is -1.36. The monoisotopic (exact) mass is 239 g/mol. The third-order valence-corrected chi connectivity index (χ3v) is 2.48. The number of hydrogen-bond acceptors (Lipinski definition) is 4. The standard InChI is InChI=1S/C12H21N3O2/c1-5-13-11(12(16)17-6-2)8-15-10(4)7-9(3)14-15/h7,11,13H,5-6,8H2,1-4H3. The van der Waals surface area contributed by atoms with Gasteiger partial charge in [0.1, 0.15) is 6.04 Å². The summed E-state index contributed by atoms with van der Waals surface area (Å²) in [6.07, 6.45) is 0. The molecule has 1 atom stereocenters. The summed E-state index contributed by atoms with van der Waals surface area (Å²) in [5.74, 6) is -0.220. The van der Waals surface area contributed by atoms with Crippen LogP contribution in [-0.2, 0) is 16.1 Å². The number of hydrogen-bond donors (Lipinski definition) is 1. The summed E-state index contributed by atoms with van der Waals surface area (Å²) < 4.78 is 6.87. The highest BCUT2D eigenvalue weighted by Crippen LogP contribution is 2.04. The first kappa shape index (κ1) is 13.7. The van der Waals surface area contributed by atoms with Crippen molar-refractivity contribution in [2.24, 2.45) is 0 Å². The second-order valence-electron chi connectivity index (χ2n) is 3.97. The van der Waals surface area contributed by atoms with E-state index in [0.717, 1.165) is 17.9 Å². The van der Waals surface area contributed by atoms with Crippen molar-refractivity contribution in [3.8, 4) is 0 Å². The van der Waals surface area contributed by atoms with Gasteiger partial charge in [-0.1, -0.05) is 6.92 Å². The molecule has 1 aromatic heterocycles. The van der Waals surface area contributed by atoms with E-state index in [4.69, 9.17) is 4.74 Å². The topological polar surface area (TPSA) is 56.2 Å². The highest BCUT2D eigenvalue weighted by Gasteiger charge is 2.20. The van der Waals surface area contributed by atoms with Crippen molar-refractivity contribution in [1.29, 1.82) is 0 Å². The van der Waals surface area contributed by atoms with E-state index in [2.05, 4.69) is 10.4 Å². The molecule has 1 unspecified atom stereocenters. The summed E-state index contributed by atoms with van der Waals surface area (Å²) in [4.78, 5) is 11.7. The van der Waals surface area contributed by atoms with E-state index in [-0.39, 0.29) is 12.0 Å². The van der Waals surface area contributed by atoms with Gasteiger partial charge in [-0.3, -0.25) is 9.48 Å². The van der Waals surface area contributed by atoms with Crippen LogP contribution in [0.3, 0.4) is 0 Å². The van der Waals surface area contributed by atoms with E-state index in [1.165, 1.54) is 0 Å². The van der Waals surface area contributed by atoms with E-state index >= 15 is 0 Å². The minimum atomic E-state index is -0.335. The molecule has 0 amide bonds. The fraction of sp³-hybridized carbons (Fsp3) is 0.667. The fourth-order valence-corrected chi connectivity index (χ4v) is 1.74. The smallest absolute Gasteiger partial charge is 0.325 e. The molecule has 1 aromatic rings. The Balaban J connectivity index is 2.72. The Kier molecular flexibility index (Phi) is 5.15. The van der Waals surface area contributed by atoms with Crippen LogP contribution in [0.15, 0.2) is 6.07 Å². The quantitative estimate of drug-likeness (QED) is 0.754. The Morgan fingerprint density at radius 1 is 1.53 bits per heavy atom. The molecule has 1 rings (SSSR count). The molecular weight excluding hydrogens is 218 g/mol. The molecule has 0 saturated carbocycles. The van der Waals surface area contributed by atoms with Crippen molar-refractivity contribution < 1.29 is 9.53 Å². The lowest BCUT2D eigenvalue weighted by Crippen LogP contribution is -2.41. The van der Waals surface area contributed by atoms with Gasteiger partial charge in [-0.2, -0.15) is 5.10 Å². The molecule has 5 nitrogen and oxygen atoms in total. The van der Waals surface area contributed by atoms with Crippen LogP contribution in [0.2, 0.25) is 0 Å². The zero-order valence-electron chi connectivity index (χ0n) is 11.0. The maximum absolute atomic E-state index is 11.7. The number of aryl methyl sites for hydroxylation is 2. The summed E-state index contributed by atoms with van der Waals surface area (Å²) in [6, 6.07) is 1.66. The van der Waals surface area contributed by atoms with Crippen molar-refractivity contribution in [2.75, 3.05) is 13.2 Å². The third kappa shape index (κ3) is 3.85. The van der Waals surface area contributed by atoms with Crippen LogP contribution in [0, 0.1) is 13.8 Å². The van der Waals surface area contributed by atoms with E-state index in [1.54, 1.807) is 0 Å². The Morgan fingerprint density at radius 2 is 2.24 bits per heavy atom. The molecule has 96 valence electrons. The Bertz CT molecular complexity index is 374. The minimum Gasteiger partial charge on any atom is -0.465 e. The van der Waals surface area contributed by atoms with Crippen molar-refractivity contribution in [3.63, 3.8) is 0 Å². The molecule has 1 N–H and O–H groups in total. The van der Waals surface area contributed by atoms with E-state index in [0.29, 0.717) is 13.2 Å². The molecule has 1 heterocycles. The number of carbonyl (C=O) groups is 1. The van der Waals surface area contributed by atoms with Crippen LogP contribution in [0.1, 0.15) is 25.2 Å². The summed E-state index contributed by atoms with van der Waals surface area (Å²) in [5.41, 5.74) is 2.01. The van der Waals surface area contributed by atoms with Gasteiger partial charge in [0.25, 0.3) is 0 Å². The second kappa shape index (κ2) is 6.39. The molecule has 0 bridgehead atoms. The minimum absolute atomic E-state index is 0.220. The summed E-state index contributed by atoms with van der Waals surface area (Å²) in [7, 11) is 0. The average molecular weight is 239 g/mol. The van der Waals surface area contributed by atoms with Gasteiger partial charge in [0.2, 0.25) is 0 Å². The number of carbonyl (C=O) groups excluding carboxylic acids is 1. The number of likely N-dealkylation sites (N-methyl/N-ethyl adjacent to an activating group) is 1. The number of rotatable bonds is 6. The third-order valence-electron chi connectivity index (χ3n) is 2.48. The van der Waals surface area contributed by atoms with Gasteiger partial charge >= 0.3 is 5.97 Å². The zero-order chi connectivity index (χ0) is 12.8. The molecule has 0 spiro atoms. The van der Waals surface area contributed by atoms with Gasteiger partial charge in [-0.15, -0.1) is 0 Å². The summed E-state index contributed by atoms with van der Waals surface area (Å²) in [5, 5.41) is 7.46. The number of ether oxygens (including phenoxy) is 1. The fourth-order valence-electron chi connectivity index (χ4n) is 1.74. The maximum Gasteiger partial charge on any atom is 0.325 e. The molecule has 17 heavy (non-hydrogen) atoms. The van der Waals surface area contributed by atoms with Gasteiger partial charge in [0.15, 0.2) is 0 Å². The van der Waals surface area contributed by atoms with Crippen LogP contribution in [-0.4, -0.2) is 34.9 Å². The van der Waals surface area contributed by atoms with Gasteiger partial charge in [-0.25, -0.2) is 0 Å². The highest BCUT2D eigenvalue weighted by molar-refractivity contribution is 5.75. The van der Waals surface area contributed by atoms with E-state index in [1.807, 2.05) is 38.4 Å². The summed E-state index contributed by atoms with van der Waals surface area (Å²) in [6.45, 7) is 9.33. The predicted octanol–water partition coefficient (Wildman–Crippen LogP) is 1.04. The van der Waals surface area contributed by atoms with Crippen LogP contribution in [0.4, 0.5) is 0 Å². The molecular formula is C12H21N3O2. The normalized spacial score (nSPS) is 12.5. The van der Waals surface area contributed by atoms with Crippen LogP contribution in [0.5, 0.6) is 0 Å². The molecule has 0 radical (unpaired) electrons. The molecule has 0 aliphatic rings. The number of nitrogens with zero attached hydrogens (tertiary/aromatic N) is 2. The molecule has 0 aromatic carbocycles. The molecule has 0 fully saturated rings. The second-order valence-corrected chi connectivity index (χ2v) is 3.97. The van der Waals surface area contributed by atoms with Crippen molar-refractivity contribution in [1.82, 2.24) is 15.1 Å². The number of esters is 1. The van der Waals surface area contributed by atoms with Crippen LogP contribution < -0.4 is 5.32 Å². The van der Waals surface area contributed by atoms with Crippen LogP contribution in [0.25, 0.3) is 0 Å². The molecule has 0 aliphatic carbocycles. The highest BCUT2D eigenvalue weighted by atomic mass is 16.5. The lowest BCUT2D eigenvalue weighted by molar-refractivity contribution is -0.146. The van der Waals surface area contributed by atoms with Crippen molar-refractivity contribution >= 4 is 5.97 Å². The first-order valence-corrected chi connectivity index (χ1v) is 5.99. The molecule has 5 heteroatoms. The number of aromatic nitrogens is 2. The predicted molar refractivity (Wildman–Crippen MR) is 65.8 cm³/mol. The maximum atomic E-state index is 11.7. The Labute approximate surface area is 102 Å². The van der Waals surface area contributed by atoms with Gasteiger partial charge in [-0.05, 0) is 33.4 Å². The zero-order valence-corrected chi connectivity index (χ0v) is 11.0. The van der Waals surface area contributed by atoms with Crippen molar-refractivity contribution in [2.45, 2.75) is 40.3 Å². The van der Waals surface area contributed by atoms with Gasteiger partial charge in [0.05, 0.1) is 18.8 Å². The van der Waals surface area contributed by atoms with E-state index in [9.17, 15) is 4.79 Å². The van der Waals surface area contributed by atoms with E-state index < -0.39 is 0 Å². The lowest BCUT2D eigenvalue weighted by Gasteiger charge is -2.17. The first-order valence-electron chi connectivity index (χ1n) is 5.99. The first-order chi connectivity index (χ1) is 8.08. The van der Waals surface area contributed by atoms with Gasteiger partial charge in [0, 0.05) is 5.69 Å². The lowest BCUT2D eigenvalue weighted by atomic mass is 10.3. The average Bonchev–Trinajstić information content (AvgIpc) is 2.57. The molecule has 0 aliphatic heterocycles. The number of nitrogens with one attached hydrogen (secondary N) is 1.